The van der Waals surface area contributed by atoms with Gasteiger partial charge < -0.3 is 9.80 Å². The summed E-state index contributed by atoms with van der Waals surface area (Å²) in [7, 11) is 0. The minimum absolute atomic E-state index is 0.107. The average molecular weight is 547 g/mol. The number of nitrogens with zero attached hydrogens (tertiary/aromatic N) is 3. The first kappa shape index (κ1) is 28.7. The predicted octanol–water partition coefficient (Wildman–Crippen LogP) is 2.27. The SMILES string of the molecule is O=C(CC(C1=CCN(CCc2ccccc2)C1=O)N(O)C(=O)CCC1=CCN(CCc2ccccc2)C1=O)NO. The van der Waals surface area contributed by atoms with Crippen LogP contribution in [0.4, 0.5) is 0 Å². The molecule has 4 rings (SSSR count). The second kappa shape index (κ2) is 13.7. The fourth-order valence-electron chi connectivity index (χ4n) is 4.93. The number of hydrogen-bond acceptors (Lipinski definition) is 6. The number of nitrogens with one attached hydrogen (secondary N) is 1. The van der Waals surface area contributed by atoms with E-state index in [1.807, 2.05) is 60.7 Å². The molecule has 4 amide bonds. The van der Waals surface area contributed by atoms with Gasteiger partial charge in [-0.2, -0.15) is 0 Å². The van der Waals surface area contributed by atoms with Gasteiger partial charge in [-0.05, 0) is 30.4 Å². The van der Waals surface area contributed by atoms with Crippen LogP contribution in [0, 0.1) is 0 Å². The molecule has 0 aliphatic carbocycles. The lowest BCUT2D eigenvalue weighted by atomic mass is 10.0. The Labute approximate surface area is 233 Å². The van der Waals surface area contributed by atoms with E-state index in [0.717, 1.165) is 17.5 Å². The average Bonchev–Trinajstić information content (AvgIpc) is 3.53. The van der Waals surface area contributed by atoms with E-state index in [2.05, 4.69) is 0 Å². The van der Waals surface area contributed by atoms with Crippen LogP contribution in [0.3, 0.4) is 0 Å². The number of hydrogen-bond donors (Lipinski definition) is 3. The minimum atomic E-state index is -1.27. The maximum absolute atomic E-state index is 13.1. The van der Waals surface area contributed by atoms with Gasteiger partial charge in [0.15, 0.2) is 0 Å². The van der Waals surface area contributed by atoms with E-state index in [9.17, 15) is 24.4 Å². The molecule has 2 aliphatic heterocycles. The summed E-state index contributed by atoms with van der Waals surface area (Å²) in [4.78, 5) is 54.2. The molecule has 2 aliphatic rings. The zero-order valence-corrected chi connectivity index (χ0v) is 22.2. The highest BCUT2D eigenvalue weighted by Gasteiger charge is 2.36. The summed E-state index contributed by atoms with van der Waals surface area (Å²) in [6.07, 6.45) is 4.15. The molecule has 0 radical (unpaired) electrons. The molecular formula is C30H34N4O6. The van der Waals surface area contributed by atoms with Crippen LogP contribution in [-0.2, 0) is 32.0 Å². The second-order valence-corrected chi connectivity index (χ2v) is 9.86. The zero-order chi connectivity index (χ0) is 28.5. The van der Waals surface area contributed by atoms with Gasteiger partial charge in [0, 0.05) is 43.7 Å². The molecule has 0 saturated carbocycles. The van der Waals surface area contributed by atoms with E-state index >= 15 is 0 Å². The van der Waals surface area contributed by atoms with Gasteiger partial charge in [-0.15, -0.1) is 0 Å². The highest BCUT2D eigenvalue weighted by molar-refractivity contribution is 5.99. The molecule has 40 heavy (non-hydrogen) atoms. The molecule has 1 unspecified atom stereocenters. The van der Waals surface area contributed by atoms with Crippen LogP contribution in [0.25, 0.3) is 0 Å². The Morgan fingerprint density at radius 1 is 0.825 bits per heavy atom. The molecule has 3 N–H and O–H groups in total. The fraction of sp³-hybridized carbons (Fsp3) is 0.333. The number of carbonyl (C=O) groups is 4. The molecule has 210 valence electrons. The summed E-state index contributed by atoms with van der Waals surface area (Å²) >= 11 is 0. The number of amides is 4. The van der Waals surface area contributed by atoms with Crippen molar-refractivity contribution in [2.75, 3.05) is 26.2 Å². The van der Waals surface area contributed by atoms with Gasteiger partial charge in [0.25, 0.3) is 5.91 Å². The van der Waals surface area contributed by atoms with Gasteiger partial charge in [-0.3, -0.25) is 29.6 Å². The lowest BCUT2D eigenvalue weighted by Gasteiger charge is -2.27. The van der Waals surface area contributed by atoms with Crippen molar-refractivity contribution >= 4 is 23.6 Å². The Balaban J connectivity index is 1.32. The van der Waals surface area contributed by atoms with E-state index < -0.39 is 24.3 Å². The second-order valence-electron chi connectivity index (χ2n) is 9.86. The molecule has 0 saturated heterocycles. The number of rotatable bonds is 13. The van der Waals surface area contributed by atoms with Crippen molar-refractivity contribution in [2.24, 2.45) is 0 Å². The van der Waals surface area contributed by atoms with Crippen molar-refractivity contribution in [3.63, 3.8) is 0 Å². The zero-order valence-electron chi connectivity index (χ0n) is 22.2. The quantitative estimate of drug-likeness (QED) is 0.261. The normalized spacial score (nSPS) is 15.7. The minimum Gasteiger partial charge on any atom is -0.335 e. The molecule has 0 aromatic heterocycles. The first-order valence-corrected chi connectivity index (χ1v) is 13.4. The molecule has 0 fully saturated rings. The van der Waals surface area contributed by atoms with Crippen molar-refractivity contribution in [3.05, 3.63) is 95.1 Å². The maximum atomic E-state index is 13.1. The van der Waals surface area contributed by atoms with Gasteiger partial charge in [0.05, 0.1) is 12.5 Å². The van der Waals surface area contributed by atoms with Gasteiger partial charge in [-0.25, -0.2) is 10.5 Å². The van der Waals surface area contributed by atoms with E-state index in [-0.39, 0.29) is 36.8 Å². The molecule has 2 aromatic carbocycles. The predicted molar refractivity (Wildman–Crippen MR) is 146 cm³/mol. The van der Waals surface area contributed by atoms with Crippen molar-refractivity contribution in [2.45, 2.75) is 38.1 Å². The van der Waals surface area contributed by atoms with E-state index in [0.29, 0.717) is 36.7 Å². The van der Waals surface area contributed by atoms with Crippen LogP contribution in [0.2, 0.25) is 0 Å². The summed E-state index contributed by atoms with van der Waals surface area (Å²) < 4.78 is 0. The Morgan fingerprint density at radius 2 is 1.38 bits per heavy atom. The van der Waals surface area contributed by atoms with Crippen molar-refractivity contribution in [3.8, 4) is 0 Å². The van der Waals surface area contributed by atoms with Gasteiger partial charge in [0.1, 0.15) is 0 Å². The number of carbonyl (C=O) groups excluding carboxylic acids is 4. The third kappa shape index (κ3) is 7.22. The van der Waals surface area contributed by atoms with Crippen LogP contribution in [0.5, 0.6) is 0 Å². The molecule has 10 nitrogen and oxygen atoms in total. The number of hydroxylamine groups is 3. The van der Waals surface area contributed by atoms with Crippen LogP contribution >= 0.6 is 0 Å². The van der Waals surface area contributed by atoms with Crippen LogP contribution in [-0.4, -0.2) is 81.1 Å². The topological polar surface area (TPSA) is 130 Å². The Kier molecular flexibility index (Phi) is 9.82. The standard InChI is InChI=1S/C30H34N4O6/c35-27(31-39)21-26(25-16-20-33(30(25)38)18-14-23-9-5-2-6-10-23)34(40)28(36)12-11-24-15-19-32(29(24)37)17-13-22-7-3-1-4-8-22/h1-10,15-16,26,39-40H,11-14,17-21H2,(H,31,35). The highest BCUT2D eigenvalue weighted by atomic mass is 16.5. The van der Waals surface area contributed by atoms with Crippen molar-refractivity contribution < 1.29 is 29.6 Å². The van der Waals surface area contributed by atoms with E-state index in [1.165, 1.54) is 5.48 Å². The van der Waals surface area contributed by atoms with Crippen LogP contribution < -0.4 is 5.48 Å². The van der Waals surface area contributed by atoms with Gasteiger partial charge >= 0.3 is 0 Å². The highest BCUT2D eigenvalue weighted by Crippen LogP contribution is 2.24. The molecular weight excluding hydrogens is 512 g/mol. The van der Waals surface area contributed by atoms with Crippen molar-refractivity contribution in [1.29, 1.82) is 0 Å². The van der Waals surface area contributed by atoms with E-state index in [4.69, 9.17) is 5.21 Å². The molecule has 1 atom stereocenters. The monoisotopic (exact) mass is 546 g/mol. The van der Waals surface area contributed by atoms with Gasteiger partial charge in [0.2, 0.25) is 17.7 Å². The maximum Gasteiger partial charge on any atom is 0.252 e. The lowest BCUT2D eigenvalue weighted by Crippen LogP contribution is -2.44. The fourth-order valence-corrected chi connectivity index (χ4v) is 4.93. The van der Waals surface area contributed by atoms with Crippen LogP contribution in [0.15, 0.2) is 84.0 Å². The number of benzene rings is 2. The van der Waals surface area contributed by atoms with Crippen LogP contribution in [0.1, 0.15) is 30.4 Å². The Morgan fingerprint density at radius 3 is 1.95 bits per heavy atom. The smallest absolute Gasteiger partial charge is 0.252 e. The molecule has 10 heteroatoms. The van der Waals surface area contributed by atoms with Crippen molar-refractivity contribution in [1.82, 2.24) is 20.3 Å². The lowest BCUT2D eigenvalue weighted by molar-refractivity contribution is -0.174. The Hall–Kier alpha value is -4.28. The summed E-state index contributed by atoms with van der Waals surface area (Å²) in [5.41, 5.74) is 4.28. The Bertz CT molecular complexity index is 1280. The first-order valence-electron chi connectivity index (χ1n) is 13.4. The molecule has 2 aromatic rings. The van der Waals surface area contributed by atoms with Gasteiger partial charge in [-0.1, -0.05) is 72.8 Å². The summed E-state index contributed by atoms with van der Waals surface area (Å²) in [5.74, 6) is -2.12. The third-order valence-corrected chi connectivity index (χ3v) is 7.23. The summed E-state index contributed by atoms with van der Waals surface area (Å²) in [6.45, 7) is 1.72. The molecule has 0 bridgehead atoms. The first-order chi connectivity index (χ1) is 19.4. The summed E-state index contributed by atoms with van der Waals surface area (Å²) in [5, 5.41) is 20.2. The largest absolute Gasteiger partial charge is 0.335 e. The molecule has 0 spiro atoms. The third-order valence-electron chi connectivity index (χ3n) is 7.23. The summed E-state index contributed by atoms with van der Waals surface area (Å²) in [6, 6.07) is 18.2. The van der Waals surface area contributed by atoms with E-state index in [1.54, 1.807) is 22.0 Å². The molecule has 2 heterocycles.